The molecule has 1 aliphatic rings. The smallest absolute Gasteiger partial charge is 0.294 e. The number of carbonyl (C=O) groups is 3. The van der Waals surface area contributed by atoms with E-state index in [1.807, 2.05) is 0 Å². The van der Waals surface area contributed by atoms with E-state index in [-0.39, 0.29) is 12.2 Å². The van der Waals surface area contributed by atoms with Crippen LogP contribution in [0.5, 0.6) is 0 Å². The molecular formula is C22H27FN4O4. The number of Topliss-reactive ketones (excluding diaryl/α,β-unsaturated/α-hetero) is 1. The van der Waals surface area contributed by atoms with E-state index in [1.165, 1.54) is 26.1 Å². The van der Waals surface area contributed by atoms with E-state index in [0.717, 1.165) is 12.8 Å². The molecule has 2 aromatic heterocycles. The predicted octanol–water partition coefficient (Wildman–Crippen LogP) is 2.30. The van der Waals surface area contributed by atoms with E-state index in [0.29, 0.717) is 41.0 Å². The van der Waals surface area contributed by atoms with Gasteiger partial charge in [-0.15, -0.1) is 0 Å². The van der Waals surface area contributed by atoms with Gasteiger partial charge in [-0.25, -0.2) is 4.98 Å². The van der Waals surface area contributed by atoms with Gasteiger partial charge in [-0.3, -0.25) is 14.4 Å². The predicted molar refractivity (Wildman–Crippen MR) is 113 cm³/mol. The second kappa shape index (κ2) is 8.58. The van der Waals surface area contributed by atoms with Crippen LogP contribution in [0.25, 0.3) is 0 Å². The van der Waals surface area contributed by atoms with E-state index in [2.05, 4.69) is 15.6 Å². The zero-order chi connectivity index (χ0) is 22.9. The number of nitrogens with zero attached hydrogens (tertiary/aromatic N) is 2. The number of fused-ring (bicyclic) bond motifs is 1. The lowest BCUT2D eigenvalue weighted by Gasteiger charge is -2.19. The molecule has 0 radical (unpaired) electrons. The number of hydrogen-bond donors (Lipinski definition) is 3. The van der Waals surface area contributed by atoms with Crippen molar-refractivity contribution in [2.45, 2.75) is 59.1 Å². The SMILES string of the molecule is Cc1cc(NC(=O)c2c(C)c(C(=O)C(=O)NCC(C)(C)O)n3c2CCCC3)cnc1F. The van der Waals surface area contributed by atoms with Gasteiger partial charge in [0.05, 0.1) is 28.7 Å². The molecule has 3 heterocycles. The summed E-state index contributed by atoms with van der Waals surface area (Å²) < 4.78 is 15.2. The molecular weight excluding hydrogens is 403 g/mol. The number of ketones is 1. The number of aromatic nitrogens is 2. The lowest BCUT2D eigenvalue weighted by atomic mass is 10.0. The third-order valence-corrected chi connectivity index (χ3v) is 5.26. The molecule has 0 unspecified atom stereocenters. The van der Waals surface area contributed by atoms with Crippen molar-refractivity contribution in [2.75, 3.05) is 11.9 Å². The topological polar surface area (TPSA) is 113 Å². The largest absolute Gasteiger partial charge is 0.389 e. The first kappa shape index (κ1) is 22.6. The fourth-order valence-corrected chi connectivity index (χ4v) is 3.77. The van der Waals surface area contributed by atoms with Crippen molar-refractivity contribution in [3.8, 4) is 0 Å². The van der Waals surface area contributed by atoms with Crippen molar-refractivity contribution in [1.82, 2.24) is 14.9 Å². The third-order valence-electron chi connectivity index (χ3n) is 5.26. The number of carbonyl (C=O) groups excluding carboxylic acids is 3. The molecule has 3 rings (SSSR count). The summed E-state index contributed by atoms with van der Waals surface area (Å²) in [7, 11) is 0. The molecule has 0 bridgehead atoms. The van der Waals surface area contributed by atoms with E-state index in [9.17, 15) is 23.9 Å². The van der Waals surface area contributed by atoms with Gasteiger partial charge >= 0.3 is 0 Å². The first-order valence-corrected chi connectivity index (χ1v) is 10.2. The van der Waals surface area contributed by atoms with Gasteiger partial charge in [0.25, 0.3) is 17.6 Å². The van der Waals surface area contributed by atoms with Crippen LogP contribution in [-0.2, 0) is 17.8 Å². The summed E-state index contributed by atoms with van der Waals surface area (Å²) in [6, 6.07) is 1.48. The third kappa shape index (κ3) is 4.82. The summed E-state index contributed by atoms with van der Waals surface area (Å²) in [6.07, 6.45) is 3.52. The molecule has 0 fully saturated rings. The maximum Gasteiger partial charge on any atom is 0.294 e. The minimum Gasteiger partial charge on any atom is -0.389 e. The number of aliphatic hydroxyl groups is 1. The Bertz CT molecular complexity index is 1050. The van der Waals surface area contributed by atoms with Gasteiger partial charge in [0.1, 0.15) is 0 Å². The maximum atomic E-state index is 13.4. The molecule has 0 saturated heterocycles. The molecule has 166 valence electrons. The van der Waals surface area contributed by atoms with Crippen LogP contribution in [0.4, 0.5) is 10.1 Å². The number of hydrogen-bond acceptors (Lipinski definition) is 5. The highest BCUT2D eigenvalue weighted by molar-refractivity contribution is 6.43. The number of aryl methyl sites for hydroxylation is 1. The number of nitrogens with one attached hydrogen (secondary N) is 2. The Morgan fingerprint density at radius 2 is 1.97 bits per heavy atom. The second-order valence-electron chi connectivity index (χ2n) is 8.51. The van der Waals surface area contributed by atoms with E-state index in [4.69, 9.17) is 0 Å². The fraction of sp³-hybridized carbons (Fsp3) is 0.455. The van der Waals surface area contributed by atoms with Crippen LogP contribution in [0.2, 0.25) is 0 Å². The Hall–Kier alpha value is -3.07. The van der Waals surface area contributed by atoms with Crippen molar-refractivity contribution in [1.29, 1.82) is 0 Å². The molecule has 31 heavy (non-hydrogen) atoms. The molecule has 2 aromatic rings. The lowest BCUT2D eigenvalue weighted by Crippen LogP contribution is -2.41. The summed E-state index contributed by atoms with van der Waals surface area (Å²) in [5.41, 5.74) is 1.14. The average Bonchev–Trinajstić information content (AvgIpc) is 2.99. The van der Waals surface area contributed by atoms with Gasteiger partial charge in [-0.05, 0) is 58.6 Å². The van der Waals surface area contributed by atoms with Crippen molar-refractivity contribution < 1.29 is 23.9 Å². The quantitative estimate of drug-likeness (QED) is 0.370. The van der Waals surface area contributed by atoms with Crippen LogP contribution in [0.15, 0.2) is 12.3 Å². The van der Waals surface area contributed by atoms with Gasteiger partial charge in [0, 0.05) is 24.3 Å². The molecule has 2 amide bonds. The number of pyridine rings is 1. The molecule has 3 N–H and O–H groups in total. The van der Waals surface area contributed by atoms with Gasteiger partial charge in [0.2, 0.25) is 5.95 Å². The maximum absolute atomic E-state index is 13.4. The molecule has 0 aromatic carbocycles. The minimum atomic E-state index is -1.16. The first-order chi connectivity index (χ1) is 14.5. The molecule has 0 saturated carbocycles. The summed E-state index contributed by atoms with van der Waals surface area (Å²) in [5.74, 6) is -2.63. The highest BCUT2D eigenvalue weighted by Crippen LogP contribution is 2.29. The molecule has 1 aliphatic heterocycles. The van der Waals surface area contributed by atoms with Gasteiger partial charge in [-0.2, -0.15) is 4.39 Å². The number of halogens is 1. The average molecular weight is 430 g/mol. The molecule has 9 heteroatoms. The molecule has 8 nitrogen and oxygen atoms in total. The van der Waals surface area contributed by atoms with E-state index in [1.54, 1.807) is 18.4 Å². The summed E-state index contributed by atoms with van der Waals surface area (Å²) >= 11 is 0. The van der Waals surface area contributed by atoms with Gasteiger partial charge in [-0.1, -0.05) is 0 Å². The Morgan fingerprint density at radius 1 is 1.26 bits per heavy atom. The van der Waals surface area contributed by atoms with Crippen molar-refractivity contribution in [3.05, 3.63) is 46.3 Å². The van der Waals surface area contributed by atoms with E-state index >= 15 is 0 Å². The zero-order valence-electron chi connectivity index (χ0n) is 18.1. The van der Waals surface area contributed by atoms with Gasteiger partial charge < -0.3 is 20.3 Å². The molecule has 0 aliphatic carbocycles. The highest BCUT2D eigenvalue weighted by Gasteiger charge is 2.32. The number of amides is 2. The van der Waals surface area contributed by atoms with Gasteiger partial charge in [0.15, 0.2) is 0 Å². The van der Waals surface area contributed by atoms with Crippen LogP contribution < -0.4 is 10.6 Å². The number of rotatable bonds is 6. The molecule has 0 spiro atoms. The second-order valence-corrected chi connectivity index (χ2v) is 8.51. The van der Waals surface area contributed by atoms with Crippen molar-refractivity contribution in [3.63, 3.8) is 0 Å². The van der Waals surface area contributed by atoms with Crippen LogP contribution in [-0.4, -0.2) is 44.4 Å². The van der Waals surface area contributed by atoms with E-state index < -0.39 is 29.1 Å². The van der Waals surface area contributed by atoms with Crippen LogP contribution in [0.1, 0.15) is 64.4 Å². The van der Waals surface area contributed by atoms with Crippen molar-refractivity contribution in [2.24, 2.45) is 0 Å². The standard InChI is InChI=1S/C22H27FN4O4/c1-12-9-14(10-24-19(12)23)26-20(29)16-13(2)17(27-8-6-5-7-15(16)27)18(28)21(30)25-11-22(3,4)31/h9-10,31H,5-8,11H2,1-4H3,(H,25,30)(H,26,29). The Kier molecular flexibility index (Phi) is 6.26. The fourth-order valence-electron chi connectivity index (χ4n) is 3.77. The lowest BCUT2D eigenvalue weighted by molar-refractivity contribution is -0.118. The summed E-state index contributed by atoms with van der Waals surface area (Å²) in [4.78, 5) is 42.1. The Balaban J connectivity index is 1.94. The molecule has 0 atom stereocenters. The van der Waals surface area contributed by atoms with Crippen LogP contribution in [0, 0.1) is 19.8 Å². The Labute approximate surface area is 179 Å². The first-order valence-electron chi connectivity index (χ1n) is 10.2. The van der Waals surface area contributed by atoms with Crippen LogP contribution in [0.3, 0.4) is 0 Å². The Morgan fingerprint density at radius 3 is 2.61 bits per heavy atom. The highest BCUT2D eigenvalue weighted by atomic mass is 19.1. The minimum absolute atomic E-state index is 0.0750. The summed E-state index contributed by atoms with van der Waals surface area (Å²) in [6.45, 7) is 6.69. The monoisotopic (exact) mass is 430 g/mol. The number of anilines is 1. The normalized spacial score (nSPS) is 13.5. The summed E-state index contributed by atoms with van der Waals surface area (Å²) in [5, 5.41) is 15.0. The van der Waals surface area contributed by atoms with Crippen LogP contribution >= 0.6 is 0 Å². The van der Waals surface area contributed by atoms with Crippen molar-refractivity contribution >= 4 is 23.3 Å². The zero-order valence-corrected chi connectivity index (χ0v) is 18.1.